The Morgan fingerprint density at radius 1 is 1.00 bits per heavy atom. The molecule has 4 amide bonds. The van der Waals surface area contributed by atoms with Crippen molar-refractivity contribution in [3.8, 4) is 0 Å². The molecule has 14 nitrogen and oxygen atoms in total. The number of morpholine rings is 1. The number of imide groups is 1. The van der Waals surface area contributed by atoms with Crippen LogP contribution in [0.25, 0.3) is 11.7 Å². The Labute approximate surface area is 219 Å². The summed E-state index contributed by atoms with van der Waals surface area (Å²) in [4.78, 5) is 47.5. The summed E-state index contributed by atoms with van der Waals surface area (Å²) in [6, 6.07) is 0.128. The molecule has 2 aromatic rings. The maximum absolute atomic E-state index is 12.5. The van der Waals surface area contributed by atoms with Crippen LogP contribution >= 0.6 is 0 Å². The fourth-order valence-electron chi connectivity index (χ4n) is 5.00. The normalized spacial score (nSPS) is 25.3. The molecule has 38 heavy (non-hydrogen) atoms. The van der Waals surface area contributed by atoms with Crippen molar-refractivity contribution in [2.45, 2.75) is 56.7 Å². The summed E-state index contributed by atoms with van der Waals surface area (Å²) < 4.78 is 6.97. The van der Waals surface area contributed by atoms with Crippen LogP contribution in [-0.2, 0) is 14.3 Å². The fourth-order valence-corrected chi connectivity index (χ4v) is 5.00. The van der Waals surface area contributed by atoms with E-state index in [1.165, 1.54) is 0 Å². The van der Waals surface area contributed by atoms with E-state index < -0.39 is 11.9 Å². The Balaban J connectivity index is 1.11. The number of carbonyl (C=O) groups is 3. The summed E-state index contributed by atoms with van der Waals surface area (Å²) in [5.74, 6) is 0.628. The number of anilines is 2. The summed E-state index contributed by atoms with van der Waals surface area (Å²) in [6.45, 7) is 3.37. The average molecular weight is 525 g/mol. The van der Waals surface area contributed by atoms with Crippen molar-refractivity contribution in [3.05, 3.63) is 17.5 Å². The Morgan fingerprint density at radius 2 is 1.71 bits per heavy atom. The van der Waals surface area contributed by atoms with Gasteiger partial charge in [-0.2, -0.15) is 19.6 Å². The first-order chi connectivity index (χ1) is 18.5. The van der Waals surface area contributed by atoms with Crippen LogP contribution in [0, 0.1) is 0 Å². The average Bonchev–Trinajstić information content (AvgIpc) is 3.54. The van der Waals surface area contributed by atoms with E-state index in [1.54, 1.807) is 16.8 Å². The first-order valence-corrected chi connectivity index (χ1v) is 13.2. The van der Waals surface area contributed by atoms with Crippen LogP contribution in [0.15, 0.2) is 11.9 Å². The Bertz CT molecular complexity index is 1260. The number of nitrogens with zero attached hydrogens (tertiary/aromatic N) is 5. The minimum absolute atomic E-state index is 0.0717. The van der Waals surface area contributed by atoms with E-state index in [2.05, 4.69) is 36.6 Å². The molecule has 0 radical (unpaired) electrons. The molecule has 0 spiro atoms. The standard InChI is InChI=1S/C24H32N10O4/c35-19(13-33-7-9-38-10-8-33)26-15-1-3-16(4-2-15)27-22-30-20-14(11-18-21(36)31-24(37)29-18)12-25-34(20)23(32-22)28-17-5-6-17/h11-12,15-17H,1-10,13H2,(H,26,35)(H2,27,28,30,32)(H2,29,31,36,37)/b18-11-/t15-,16-. The summed E-state index contributed by atoms with van der Waals surface area (Å²) in [7, 11) is 0. The van der Waals surface area contributed by atoms with Gasteiger partial charge in [0.1, 0.15) is 5.70 Å². The first kappa shape index (κ1) is 24.6. The van der Waals surface area contributed by atoms with Gasteiger partial charge in [0.05, 0.1) is 26.0 Å². The summed E-state index contributed by atoms with van der Waals surface area (Å²) >= 11 is 0. The highest BCUT2D eigenvalue weighted by Crippen LogP contribution is 2.27. The maximum Gasteiger partial charge on any atom is 0.326 e. The Kier molecular flexibility index (Phi) is 6.81. The quantitative estimate of drug-likeness (QED) is 0.235. The van der Waals surface area contributed by atoms with Crippen LogP contribution in [0.2, 0.25) is 0 Å². The van der Waals surface area contributed by atoms with Gasteiger partial charge < -0.3 is 26.0 Å². The fraction of sp³-hybridized carbons (Fsp3) is 0.583. The number of hydrogen-bond acceptors (Lipinski definition) is 10. The maximum atomic E-state index is 12.5. The molecule has 202 valence electrons. The number of hydrogen-bond donors (Lipinski definition) is 5. The van der Waals surface area contributed by atoms with Gasteiger partial charge in [0.2, 0.25) is 17.8 Å². The number of nitrogens with one attached hydrogen (secondary N) is 5. The van der Waals surface area contributed by atoms with Gasteiger partial charge in [-0.15, -0.1) is 0 Å². The van der Waals surface area contributed by atoms with E-state index in [4.69, 9.17) is 14.7 Å². The topological polar surface area (TPSA) is 167 Å². The number of ether oxygens (including phenoxy) is 1. The zero-order valence-corrected chi connectivity index (χ0v) is 21.0. The minimum Gasteiger partial charge on any atom is -0.379 e. The van der Waals surface area contributed by atoms with Crippen LogP contribution in [0.4, 0.5) is 16.7 Å². The van der Waals surface area contributed by atoms with Crippen LogP contribution < -0.4 is 26.6 Å². The van der Waals surface area contributed by atoms with Gasteiger partial charge in [0.25, 0.3) is 5.91 Å². The van der Waals surface area contributed by atoms with Crippen molar-refractivity contribution in [1.82, 2.24) is 40.4 Å². The predicted molar refractivity (Wildman–Crippen MR) is 137 cm³/mol. The minimum atomic E-state index is -0.557. The molecule has 6 rings (SSSR count). The van der Waals surface area contributed by atoms with Gasteiger partial charge in [0.15, 0.2) is 5.65 Å². The van der Waals surface area contributed by atoms with E-state index in [9.17, 15) is 14.4 Å². The highest BCUT2D eigenvalue weighted by Gasteiger charge is 2.28. The molecular formula is C24H32N10O4. The third kappa shape index (κ3) is 5.70. The summed E-state index contributed by atoms with van der Waals surface area (Å²) in [6.07, 6.45) is 8.81. The molecule has 0 atom stereocenters. The molecule has 0 unspecified atom stereocenters. The SMILES string of the molecule is O=C1NC(=O)/C(=C/c2cnn3c(NC4CC4)nc(N[C@H]4CC[C@H](NC(=O)CN5CCOCC5)CC4)nc23)N1. The molecular weight excluding hydrogens is 492 g/mol. The zero-order valence-electron chi connectivity index (χ0n) is 21.0. The van der Waals surface area contributed by atoms with E-state index in [-0.39, 0.29) is 23.7 Å². The lowest BCUT2D eigenvalue weighted by molar-refractivity contribution is -0.124. The van der Waals surface area contributed by atoms with Gasteiger partial charge in [0, 0.05) is 36.8 Å². The van der Waals surface area contributed by atoms with Gasteiger partial charge in [-0.3, -0.25) is 19.8 Å². The highest BCUT2D eigenvalue weighted by molar-refractivity contribution is 6.14. The lowest BCUT2D eigenvalue weighted by Gasteiger charge is -2.31. The molecule has 0 aromatic carbocycles. The Hall–Kier alpha value is -3.78. The second-order valence-electron chi connectivity index (χ2n) is 10.2. The zero-order chi connectivity index (χ0) is 26.1. The molecule has 2 aromatic heterocycles. The van der Waals surface area contributed by atoms with Gasteiger partial charge in [-0.25, -0.2) is 4.79 Å². The van der Waals surface area contributed by atoms with Crippen molar-refractivity contribution < 1.29 is 19.1 Å². The molecule has 0 bridgehead atoms. The molecule has 4 heterocycles. The number of carbonyl (C=O) groups excluding carboxylic acids is 3. The van der Waals surface area contributed by atoms with Crippen molar-refractivity contribution in [2.75, 3.05) is 43.5 Å². The highest BCUT2D eigenvalue weighted by atomic mass is 16.5. The molecule has 2 aliphatic heterocycles. The predicted octanol–water partition coefficient (Wildman–Crippen LogP) is 0.0504. The van der Waals surface area contributed by atoms with Crippen LogP contribution in [-0.4, -0.2) is 93.3 Å². The number of aromatic nitrogens is 4. The molecule has 2 saturated heterocycles. The van der Waals surface area contributed by atoms with Gasteiger partial charge in [-0.05, 0) is 44.6 Å². The monoisotopic (exact) mass is 524 g/mol. The smallest absolute Gasteiger partial charge is 0.326 e. The van der Waals surface area contributed by atoms with Crippen molar-refractivity contribution in [3.63, 3.8) is 0 Å². The number of fused-ring (bicyclic) bond motifs is 1. The van der Waals surface area contributed by atoms with Gasteiger partial charge in [-0.1, -0.05) is 0 Å². The molecule has 2 saturated carbocycles. The third-order valence-corrected chi connectivity index (χ3v) is 7.22. The molecule has 5 N–H and O–H groups in total. The number of amides is 4. The lowest BCUT2D eigenvalue weighted by Crippen LogP contribution is -2.47. The van der Waals surface area contributed by atoms with Crippen molar-refractivity contribution in [1.29, 1.82) is 0 Å². The van der Waals surface area contributed by atoms with Crippen LogP contribution in [0.1, 0.15) is 44.1 Å². The second kappa shape index (κ2) is 10.5. The first-order valence-electron chi connectivity index (χ1n) is 13.2. The van der Waals surface area contributed by atoms with Crippen molar-refractivity contribution in [2.24, 2.45) is 0 Å². The number of urea groups is 1. The van der Waals surface area contributed by atoms with Crippen LogP contribution in [0.3, 0.4) is 0 Å². The second-order valence-corrected chi connectivity index (χ2v) is 10.2. The van der Waals surface area contributed by atoms with E-state index >= 15 is 0 Å². The van der Waals surface area contributed by atoms with E-state index in [0.717, 1.165) is 51.6 Å². The number of rotatable bonds is 8. The van der Waals surface area contributed by atoms with Crippen LogP contribution in [0.5, 0.6) is 0 Å². The van der Waals surface area contributed by atoms with Gasteiger partial charge >= 0.3 is 6.03 Å². The molecule has 4 aliphatic rings. The summed E-state index contributed by atoms with van der Waals surface area (Å²) in [5, 5.41) is 19.2. The van der Waals surface area contributed by atoms with E-state index in [1.807, 2.05) is 0 Å². The molecule has 14 heteroatoms. The third-order valence-electron chi connectivity index (χ3n) is 7.22. The van der Waals surface area contributed by atoms with E-state index in [0.29, 0.717) is 48.9 Å². The molecule has 2 aliphatic carbocycles. The summed E-state index contributed by atoms with van der Waals surface area (Å²) in [5.41, 5.74) is 1.26. The molecule has 4 fully saturated rings. The largest absolute Gasteiger partial charge is 0.379 e. The Morgan fingerprint density at radius 3 is 2.42 bits per heavy atom. The van der Waals surface area contributed by atoms with Crippen molar-refractivity contribution >= 4 is 41.5 Å². The lowest BCUT2D eigenvalue weighted by atomic mass is 9.91.